The number of sulfonamides is 1. The summed E-state index contributed by atoms with van der Waals surface area (Å²) in [5.74, 6) is -1.94. The monoisotopic (exact) mass is 312 g/mol. The lowest BCUT2D eigenvalue weighted by Crippen LogP contribution is -2.26. The van der Waals surface area contributed by atoms with Crippen molar-refractivity contribution in [2.45, 2.75) is 11.3 Å². The molecule has 7 heteroatoms. The molecular formula is C14H14F2N2O2S. The van der Waals surface area contributed by atoms with E-state index in [1.165, 1.54) is 0 Å². The predicted octanol–water partition coefficient (Wildman–Crippen LogP) is 2.07. The molecule has 2 aromatic carbocycles. The largest absolute Gasteiger partial charge is 0.399 e. The molecular weight excluding hydrogens is 298 g/mol. The highest BCUT2D eigenvalue weighted by Gasteiger charge is 2.18. The zero-order chi connectivity index (χ0) is 15.5. The van der Waals surface area contributed by atoms with Crippen molar-refractivity contribution in [2.24, 2.45) is 0 Å². The average molecular weight is 312 g/mol. The van der Waals surface area contributed by atoms with Crippen molar-refractivity contribution in [3.8, 4) is 0 Å². The molecule has 0 radical (unpaired) electrons. The summed E-state index contributed by atoms with van der Waals surface area (Å²) in [4.78, 5) is -0.568. The Balaban J connectivity index is 2.03. The zero-order valence-electron chi connectivity index (χ0n) is 11.0. The van der Waals surface area contributed by atoms with E-state index in [0.29, 0.717) is 18.2 Å². The summed E-state index contributed by atoms with van der Waals surface area (Å²) in [5, 5.41) is 0. The quantitative estimate of drug-likeness (QED) is 0.830. The standard InChI is InChI=1S/C14H14F2N2O2S/c15-11-3-6-14(13(16)9-11)21(19,20)18-8-7-10-1-4-12(17)5-2-10/h1-6,9,18H,7-8,17H2. The Morgan fingerprint density at radius 2 is 1.71 bits per heavy atom. The molecule has 0 aliphatic heterocycles. The van der Waals surface area contributed by atoms with Gasteiger partial charge in [0.1, 0.15) is 16.5 Å². The fraction of sp³-hybridized carbons (Fsp3) is 0.143. The van der Waals surface area contributed by atoms with Gasteiger partial charge in [0.2, 0.25) is 10.0 Å². The van der Waals surface area contributed by atoms with Crippen molar-refractivity contribution in [3.63, 3.8) is 0 Å². The van der Waals surface area contributed by atoms with E-state index < -0.39 is 26.6 Å². The summed E-state index contributed by atoms with van der Waals surface area (Å²) in [5.41, 5.74) is 7.06. The van der Waals surface area contributed by atoms with E-state index in [1.807, 2.05) is 0 Å². The van der Waals surface area contributed by atoms with Gasteiger partial charge < -0.3 is 5.73 Å². The molecule has 0 aliphatic carbocycles. The van der Waals surface area contributed by atoms with Crippen molar-refractivity contribution in [1.82, 2.24) is 4.72 Å². The third kappa shape index (κ3) is 3.99. The van der Waals surface area contributed by atoms with E-state index in [0.717, 1.165) is 17.7 Å². The summed E-state index contributed by atoms with van der Waals surface area (Å²) >= 11 is 0. The number of nitrogen functional groups attached to an aromatic ring is 1. The van der Waals surface area contributed by atoms with Gasteiger partial charge in [-0.3, -0.25) is 0 Å². The van der Waals surface area contributed by atoms with Crippen LogP contribution in [0.1, 0.15) is 5.56 Å². The highest BCUT2D eigenvalue weighted by atomic mass is 32.2. The number of hydrogen-bond donors (Lipinski definition) is 2. The van der Waals surface area contributed by atoms with Crippen LogP contribution >= 0.6 is 0 Å². The molecule has 112 valence electrons. The van der Waals surface area contributed by atoms with Gasteiger partial charge in [0.15, 0.2) is 0 Å². The SMILES string of the molecule is Nc1ccc(CCNS(=O)(=O)c2ccc(F)cc2F)cc1. The van der Waals surface area contributed by atoms with Crippen LogP contribution in [0.3, 0.4) is 0 Å². The molecule has 0 saturated carbocycles. The van der Waals surface area contributed by atoms with Gasteiger partial charge in [-0.05, 0) is 36.2 Å². The highest BCUT2D eigenvalue weighted by molar-refractivity contribution is 7.89. The molecule has 2 rings (SSSR count). The third-order valence-corrected chi connectivity index (χ3v) is 4.36. The van der Waals surface area contributed by atoms with Gasteiger partial charge in [-0.25, -0.2) is 21.9 Å². The maximum atomic E-state index is 13.5. The lowest BCUT2D eigenvalue weighted by atomic mass is 10.1. The van der Waals surface area contributed by atoms with E-state index in [2.05, 4.69) is 4.72 Å². The van der Waals surface area contributed by atoms with Gasteiger partial charge >= 0.3 is 0 Å². The summed E-state index contributed by atoms with van der Waals surface area (Å²) in [7, 11) is -4.00. The van der Waals surface area contributed by atoms with E-state index in [4.69, 9.17) is 5.73 Å². The topological polar surface area (TPSA) is 72.2 Å². The molecule has 4 nitrogen and oxygen atoms in total. The summed E-state index contributed by atoms with van der Waals surface area (Å²) < 4.78 is 52.4. The van der Waals surface area contributed by atoms with Gasteiger partial charge in [0, 0.05) is 18.3 Å². The predicted molar refractivity (Wildman–Crippen MR) is 76.1 cm³/mol. The van der Waals surface area contributed by atoms with Crippen molar-refractivity contribution >= 4 is 15.7 Å². The van der Waals surface area contributed by atoms with Crippen molar-refractivity contribution in [1.29, 1.82) is 0 Å². The molecule has 0 saturated heterocycles. The second-order valence-corrected chi connectivity index (χ2v) is 6.20. The number of hydrogen-bond acceptors (Lipinski definition) is 3. The van der Waals surface area contributed by atoms with Crippen LogP contribution in [0.15, 0.2) is 47.4 Å². The zero-order valence-corrected chi connectivity index (χ0v) is 11.8. The molecule has 0 aromatic heterocycles. The molecule has 0 bridgehead atoms. The summed E-state index contributed by atoms with van der Waals surface area (Å²) in [6.45, 7) is 0.100. The minimum atomic E-state index is -4.00. The van der Waals surface area contributed by atoms with E-state index in [-0.39, 0.29) is 6.54 Å². The molecule has 0 aliphatic rings. The number of benzene rings is 2. The molecule has 2 aromatic rings. The fourth-order valence-corrected chi connectivity index (χ4v) is 2.87. The Bertz CT molecular complexity index is 731. The van der Waals surface area contributed by atoms with Crippen LogP contribution in [0.2, 0.25) is 0 Å². The Morgan fingerprint density at radius 3 is 2.33 bits per heavy atom. The van der Waals surface area contributed by atoms with Crippen LogP contribution in [0, 0.1) is 11.6 Å². The van der Waals surface area contributed by atoms with Crippen LogP contribution in [-0.4, -0.2) is 15.0 Å². The van der Waals surface area contributed by atoms with Crippen LogP contribution in [0.4, 0.5) is 14.5 Å². The fourth-order valence-electron chi connectivity index (χ4n) is 1.78. The first-order valence-electron chi connectivity index (χ1n) is 6.17. The second-order valence-electron chi connectivity index (χ2n) is 4.46. The van der Waals surface area contributed by atoms with Gasteiger partial charge in [0.05, 0.1) is 0 Å². The minimum Gasteiger partial charge on any atom is -0.399 e. The Hall–Kier alpha value is -1.99. The van der Waals surface area contributed by atoms with Crippen molar-refractivity contribution in [3.05, 3.63) is 59.7 Å². The lowest BCUT2D eigenvalue weighted by molar-refractivity contribution is 0.543. The third-order valence-electron chi connectivity index (χ3n) is 2.87. The van der Waals surface area contributed by atoms with Gasteiger partial charge in [-0.15, -0.1) is 0 Å². The van der Waals surface area contributed by atoms with Crippen molar-refractivity contribution in [2.75, 3.05) is 12.3 Å². The number of nitrogens with one attached hydrogen (secondary N) is 1. The molecule has 3 N–H and O–H groups in total. The van der Waals surface area contributed by atoms with E-state index in [9.17, 15) is 17.2 Å². The number of rotatable bonds is 5. The molecule has 0 spiro atoms. The average Bonchev–Trinajstić information content (AvgIpc) is 2.40. The van der Waals surface area contributed by atoms with Crippen LogP contribution < -0.4 is 10.5 Å². The van der Waals surface area contributed by atoms with Gasteiger partial charge in [-0.1, -0.05) is 12.1 Å². The second kappa shape index (κ2) is 6.19. The van der Waals surface area contributed by atoms with Gasteiger partial charge in [0.25, 0.3) is 0 Å². The minimum absolute atomic E-state index is 0.100. The van der Waals surface area contributed by atoms with E-state index in [1.54, 1.807) is 24.3 Å². The Morgan fingerprint density at radius 1 is 1.05 bits per heavy atom. The Labute approximate surface area is 121 Å². The van der Waals surface area contributed by atoms with Crippen LogP contribution in [-0.2, 0) is 16.4 Å². The van der Waals surface area contributed by atoms with Crippen molar-refractivity contribution < 1.29 is 17.2 Å². The maximum Gasteiger partial charge on any atom is 0.243 e. The number of halogens is 2. The van der Waals surface area contributed by atoms with Gasteiger partial charge in [-0.2, -0.15) is 0 Å². The summed E-state index contributed by atoms with van der Waals surface area (Å²) in [6.07, 6.45) is 0.433. The Kier molecular flexibility index (Phi) is 4.54. The van der Waals surface area contributed by atoms with Crippen LogP contribution in [0.5, 0.6) is 0 Å². The molecule has 0 atom stereocenters. The number of nitrogens with two attached hydrogens (primary N) is 1. The molecule has 0 amide bonds. The normalized spacial score (nSPS) is 11.5. The summed E-state index contributed by atoms with van der Waals surface area (Å²) in [6, 6.07) is 9.32. The van der Waals surface area contributed by atoms with Crippen LogP contribution in [0.25, 0.3) is 0 Å². The first-order valence-corrected chi connectivity index (χ1v) is 7.66. The maximum absolute atomic E-state index is 13.5. The molecule has 0 heterocycles. The molecule has 0 unspecified atom stereocenters. The molecule has 0 fully saturated rings. The van der Waals surface area contributed by atoms with E-state index >= 15 is 0 Å². The number of anilines is 1. The highest BCUT2D eigenvalue weighted by Crippen LogP contribution is 2.15. The smallest absolute Gasteiger partial charge is 0.243 e. The first-order chi connectivity index (χ1) is 9.88. The molecule has 21 heavy (non-hydrogen) atoms. The first kappa shape index (κ1) is 15.4. The lowest BCUT2D eigenvalue weighted by Gasteiger charge is -2.08.